The van der Waals surface area contributed by atoms with Crippen LogP contribution in [0.15, 0.2) is 41.0 Å². The minimum absolute atomic E-state index is 0.187. The fourth-order valence-electron chi connectivity index (χ4n) is 4.25. The second-order valence-electron chi connectivity index (χ2n) is 9.72. The number of fused-ring (bicyclic) bond motifs is 3. The molecule has 1 aromatic carbocycles. The molecular formula is C24H32. The zero-order valence-corrected chi connectivity index (χ0v) is 16.9. The van der Waals surface area contributed by atoms with Crippen molar-refractivity contribution in [1.29, 1.82) is 0 Å². The first kappa shape index (κ1) is 17.3. The largest absolute Gasteiger partial charge is 0.0688 e. The van der Waals surface area contributed by atoms with Gasteiger partial charge in [0.25, 0.3) is 0 Å². The maximum absolute atomic E-state index is 2.52. The van der Waals surface area contributed by atoms with Gasteiger partial charge in [-0.15, -0.1) is 0 Å². The van der Waals surface area contributed by atoms with Crippen LogP contribution in [0, 0.1) is 12.3 Å². The summed E-state index contributed by atoms with van der Waals surface area (Å²) in [5, 5.41) is 0. The summed E-state index contributed by atoms with van der Waals surface area (Å²) < 4.78 is 0. The highest BCUT2D eigenvalue weighted by atomic mass is 14.4. The highest BCUT2D eigenvalue weighted by Crippen LogP contribution is 2.51. The van der Waals surface area contributed by atoms with Crippen LogP contribution in [0.3, 0.4) is 0 Å². The van der Waals surface area contributed by atoms with Gasteiger partial charge in [0.2, 0.25) is 0 Å². The summed E-state index contributed by atoms with van der Waals surface area (Å²) in [6.45, 7) is 20.8. The van der Waals surface area contributed by atoms with Crippen molar-refractivity contribution in [2.24, 2.45) is 5.41 Å². The van der Waals surface area contributed by atoms with Crippen molar-refractivity contribution in [2.75, 3.05) is 0 Å². The van der Waals surface area contributed by atoms with Gasteiger partial charge in [0.05, 0.1) is 0 Å². The molecule has 0 saturated carbocycles. The molecule has 0 bridgehead atoms. The summed E-state index contributed by atoms with van der Waals surface area (Å²) in [4.78, 5) is 0. The predicted molar refractivity (Wildman–Crippen MR) is 107 cm³/mol. The smallest absolute Gasteiger partial charge is 0.0287 e. The van der Waals surface area contributed by atoms with Crippen molar-refractivity contribution in [3.8, 4) is 0 Å². The second-order valence-corrected chi connectivity index (χ2v) is 9.72. The van der Waals surface area contributed by atoms with Gasteiger partial charge in [-0.25, -0.2) is 0 Å². The summed E-state index contributed by atoms with van der Waals surface area (Å²) in [5.41, 5.74) is 12.2. The molecule has 1 aromatic rings. The Hall–Kier alpha value is -1.56. The van der Waals surface area contributed by atoms with Crippen molar-refractivity contribution in [1.82, 2.24) is 0 Å². The maximum Gasteiger partial charge on any atom is 0.0287 e. The van der Waals surface area contributed by atoms with Gasteiger partial charge in [0, 0.05) is 5.92 Å². The second kappa shape index (κ2) is 5.22. The molecule has 0 saturated heterocycles. The molecule has 24 heavy (non-hydrogen) atoms. The molecule has 2 aliphatic rings. The molecule has 128 valence electrons. The van der Waals surface area contributed by atoms with E-state index in [0.717, 1.165) is 0 Å². The molecule has 0 heteroatoms. The van der Waals surface area contributed by atoms with E-state index in [2.05, 4.69) is 86.6 Å². The van der Waals surface area contributed by atoms with Crippen LogP contribution < -0.4 is 0 Å². The zero-order valence-electron chi connectivity index (χ0n) is 16.9. The van der Waals surface area contributed by atoms with Crippen molar-refractivity contribution in [3.63, 3.8) is 0 Å². The van der Waals surface area contributed by atoms with Crippen LogP contribution in [-0.4, -0.2) is 0 Å². The highest BCUT2D eigenvalue weighted by molar-refractivity contribution is 5.84. The maximum atomic E-state index is 2.52. The molecular weight excluding hydrogens is 288 g/mol. The number of hydrogen-bond acceptors (Lipinski definition) is 0. The Morgan fingerprint density at radius 1 is 0.833 bits per heavy atom. The Balaban J connectivity index is 2.25. The third-order valence-electron chi connectivity index (χ3n) is 5.67. The minimum atomic E-state index is 0.187. The van der Waals surface area contributed by atoms with Gasteiger partial charge in [0.15, 0.2) is 0 Å². The SMILES string of the molecule is CC1=CC(C(C)(C)C)=CC2C1=C(C)c1c(C)cc(C(C)(C)C)cc12. The molecule has 1 unspecified atom stereocenters. The fourth-order valence-corrected chi connectivity index (χ4v) is 4.25. The summed E-state index contributed by atoms with van der Waals surface area (Å²) >= 11 is 0. The number of rotatable bonds is 0. The van der Waals surface area contributed by atoms with Crippen molar-refractivity contribution < 1.29 is 0 Å². The molecule has 0 aromatic heterocycles. The number of aryl methyl sites for hydroxylation is 1. The van der Waals surface area contributed by atoms with E-state index < -0.39 is 0 Å². The monoisotopic (exact) mass is 320 g/mol. The van der Waals surface area contributed by atoms with Crippen LogP contribution in [-0.2, 0) is 5.41 Å². The van der Waals surface area contributed by atoms with E-state index >= 15 is 0 Å². The van der Waals surface area contributed by atoms with Crippen molar-refractivity contribution >= 4 is 5.57 Å². The molecule has 1 atom stereocenters. The highest BCUT2D eigenvalue weighted by Gasteiger charge is 2.34. The zero-order chi connectivity index (χ0) is 18.0. The Kier molecular flexibility index (Phi) is 3.75. The quantitative estimate of drug-likeness (QED) is 0.478. The van der Waals surface area contributed by atoms with Gasteiger partial charge in [0.1, 0.15) is 0 Å². The van der Waals surface area contributed by atoms with Gasteiger partial charge < -0.3 is 0 Å². The standard InChI is InChI=1S/C24H32/c1-14-10-17(23(4,5)6)12-19-20-13-18(24(7,8)9)11-15(2)22(20)16(3)21(14)19/h10-13,19H,1-9H3. The van der Waals surface area contributed by atoms with E-state index in [1.54, 1.807) is 0 Å². The van der Waals surface area contributed by atoms with E-state index in [-0.39, 0.29) is 10.8 Å². The predicted octanol–water partition coefficient (Wildman–Crippen LogP) is 7.10. The lowest BCUT2D eigenvalue weighted by Gasteiger charge is -2.29. The Morgan fingerprint density at radius 3 is 2.00 bits per heavy atom. The topological polar surface area (TPSA) is 0 Å². The lowest BCUT2D eigenvalue weighted by atomic mass is 9.75. The van der Waals surface area contributed by atoms with E-state index in [4.69, 9.17) is 0 Å². The van der Waals surface area contributed by atoms with Crippen LogP contribution >= 0.6 is 0 Å². The third kappa shape index (κ3) is 2.61. The van der Waals surface area contributed by atoms with Crippen LogP contribution in [0.25, 0.3) is 5.57 Å². The van der Waals surface area contributed by atoms with Crippen molar-refractivity contribution in [2.45, 2.75) is 73.6 Å². The molecule has 0 nitrogen and oxygen atoms in total. The van der Waals surface area contributed by atoms with E-state index in [1.165, 1.54) is 44.5 Å². The van der Waals surface area contributed by atoms with Crippen LogP contribution in [0.5, 0.6) is 0 Å². The molecule has 0 fully saturated rings. The van der Waals surface area contributed by atoms with E-state index in [9.17, 15) is 0 Å². The normalized spacial score (nSPS) is 20.6. The van der Waals surface area contributed by atoms with Gasteiger partial charge in [-0.05, 0) is 76.1 Å². The van der Waals surface area contributed by atoms with Crippen molar-refractivity contribution in [3.05, 3.63) is 63.3 Å². The van der Waals surface area contributed by atoms with E-state index in [0.29, 0.717) is 5.92 Å². The van der Waals surface area contributed by atoms with Crippen LogP contribution in [0.2, 0.25) is 0 Å². The van der Waals surface area contributed by atoms with Gasteiger partial charge in [-0.2, -0.15) is 0 Å². The van der Waals surface area contributed by atoms with Gasteiger partial charge in [-0.3, -0.25) is 0 Å². The Morgan fingerprint density at radius 2 is 1.46 bits per heavy atom. The molecule has 0 aliphatic heterocycles. The summed E-state index contributed by atoms with van der Waals surface area (Å²) in [6, 6.07) is 4.87. The van der Waals surface area contributed by atoms with Gasteiger partial charge in [-0.1, -0.05) is 65.8 Å². The lowest BCUT2D eigenvalue weighted by Crippen LogP contribution is -2.15. The van der Waals surface area contributed by atoms with Gasteiger partial charge >= 0.3 is 0 Å². The summed E-state index contributed by atoms with van der Waals surface area (Å²) in [7, 11) is 0. The summed E-state index contributed by atoms with van der Waals surface area (Å²) in [6.07, 6.45) is 4.92. The Labute approximate surface area is 148 Å². The average Bonchev–Trinajstić information content (AvgIpc) is 2.71. The lowest BCUT2D eigenvalue weighted by molar-refractivity contribution is 0.511. The van der Waals surface area contributed by atoms with Crippen LogP contribution in [0.1, 0.15) is 83.6 Å². The fraction of sp³-hybridized carbons (Fsp3) is 0.500. The minimum Gasteiger partial charge on any atom is -0.0688 e. The number of benzene rings is 1. The molecule has 0 N–H and O–H groups in total. The molecule has 3 rings (SSSR count). The molecule has 0 heterocycles. The molecule has 0 spiro atoms. The number of allylic oxidation sites excluding steroid dienone is 6. The molecule has 0 amide bonds. The Bertz CT molecular complexity index is 796. The molecule has 0 radical (unpaired) electrons. The van der Waals surface area contributed by atoms with E-state index in [1.807, 2.05) is 0 Å². The molecule has 2 aliphatic carbocycles. The number of hydrogen-bond donors (Lipinski definition) is 0. The first-order chi connectivity index (χ1) is 10.9. The third-order valence-corrected chi connectivity index (χ3v) is 5.67. The summed E-state index contributed by atoms with van der Waals surface area (Å²) in [5.74, 6) is 0.431. The first-order valence-electron chi connectivity index (χ1n) is 9.18. The van der Waals surface area contributed by atoms with Crippen LogP contribution in [0.4, 0.5) is 0 Å². The first-order valence-corrected chi connectivity index (χ1v) is 9.18. The average molecular weight is 321 g/mol.